The van der Waals surface area contributed by atoms with Gasteiger partial charge in [0.2, 0.25) is 0 Å². The molecule has 0 bridgehead atoms. The van der Waals surface area contributed by atoms with Gasteiger partial charge in [0.1, 0.15) is 5.82 Å². The maximum atomic E-state index is 13.6. The van der Waals surface area contributed by atoms with Gasteiger partial charge < -0.3 is 5.32 Å². The lowest BCUT2D eigenvalue weighted by Crippen LogP contribution is -2.27. The van der Waals surface area contributed by atoms with Crippen molar-refractivity contribution in [2.45, 2.75) is 39.8 Å². The van der Waals surface area contributed by atoms with Crippen LogP contribution in [0.1, 0.15) is 29.2 Å². The Kier molecular flexibility index (Phi) is 4.91. The van der Waals surface area contributed by atoms with Crippen LogP contribution in [0, 0.1) is 19.7 Å². The molecule has 0 radical (unpaired) electrons. The average molecular weight is 271 g/mol. The number of nitrogens with one attached hydrogen (secondary N) is 1. The molecule has 0 amide bonds. The minimum Gasteiger partial charge on any atom is -0.310 e. The Bertz CT molecular complexity index is 540. The highest BCUT2D eigenvalue weighted by Crippen LogP contribution is 2.15. The summed E-state index contributed by atoms with van der Waals surface area (Å²) in [6.45, 7) is 6.59. The minimum absolute atomic E-state index is 0.0916. The molecule has 0 heterocycles. The largest absolute Gasteiger partial charge is 0.310 e. The summed E-state index contributed by atoms with van der Waals surface area (Å²) in [4.78, 5) is 0. The van der Waals surface area contributed by atoms with Crippen molar-refractivity contribution in [2.75, 3.05) is 0 Å². The molecular formula is C18H22FN. The zero-order valence-electron chi connectivity index (χ0n) is 12.4. The molecule has 0 spiro atoms. The van der Waals surface area contributed by atoms with Gasteiger partial charge in [0, 0.05) is 12.6 Å². The zero-order valence-corrected chi connectivity index (χ0v) is 12.4. The van der Waals surface area contributed by atoms with Gasteiger partial charge in [-0.05, 0) is 49.4 Å². The standard InChI is InChI=1S/C18H22FN/c1-13-9-17(10-14(2)18(13)19)12-20-15(3)11-16-7-5-4-6-8-16/h4-10,15,20H,11-12H2,1-3H3. The van der Waals surface area contributed by atoms with E-state index in [1.807, 2.05) is 32.0 Å². The first-order valence-corrected chi connectivity index (χ1v) is 7.09. The van der Waals surface area contributed by atoms with Crippen LogP contribution in [0.15, 0.2) is 42.5 Å². The fourth-order valence-corrected chi connectivity index (χ4v) is 2.47. The lowest BCUT2D eigenvalue weighted by atomic mass is 10.0. The van der Waals surface area contributed by atoms with Crippen LogP contribution in [0.5, 0.6) is 0 Å². The molecule has 0 aromatic heterocycles. The van der Waals surface area contributed by atoms with Gasteiger partial charge in [0.05, 0.1) is 0 Å². The summed E-state index contributed by atoms with van der Waals surface area (Å²) >= 11 is 0. The second-order valence-electron chi connectivity index (χ2n) is 5.52. The molecule has 0 aliphatic heterocycles. The average Bonchev–Trinajstić information content (AvgIpc) is 2.43. The second kappa shape index (κ2) is 6.67. The van der Waals surface area contributed by atoms with E-state index in [1.165, 1.54) is 5.56 Å². The number of aryl methyl sites for hydroxylation is 2. The van der Waals surface area contributed by atoms with Crippen molar-refractivity contribution >= 4 is 0 Å². The molecule has 0 fully saturated rings. The van der Waals surface area contributed by atoms with Gasteiger partial charge >= 0.3 is 0 Å². The third-order valence-corrected chi connectivity index (χ3v) is 3.54. The van der Waals surface area contributed by atoms with Gasteiger partial charge in [-0.2, -0.15) is 0 Å². The molecule has 0 saturated heterocycles. The highest BCUT2D eigenvalue weighted by molar-refractivity contribution is 5.30. The van der Waals surface area contributed by atoms with Crippen LogP contribution in [0.3, 0.4) is 0 Å². The van der Waals surface area contributed by atoms with Crippen LogP contribution < -0.4 is 5.32 Å². The molecule has 0 saturated carbocycles. The van der Waals surface area contributed by atoms with Gasteiger partial charge in [-0.25, -0.2) is 4.39 Å². The van der Waals surface area contributed by atoms with Crippen LogP contribution in [-0.4, -0.2) is 6.04 Å². The monoisotopic (exact) mass is 271 g/mol. The van der Waals surface area contributed by atoms with Gasteiger partial charge in [0.25, 0.3) is 0 Å². The first-order valence-electron chi connectivity index (χ1n) is 7.09. The van der Waals surface area contributed by atoms with Crippen LogP contribution in [0.4, 0.5) is 4.39 Å². The van der Waals surface area contributed by atoms with E-state index in [9.17, 15) is 4.39 Å². The highest BCUT2D eigenvalue weighted by Gasteiger charge is 2.06. The Morgan fingerprint density at radius 1 is 1.00 bits per heavy atom. The third kappa shape index (κ3) is 3.91. The molecular weight excluding hydrogens is 249 g/mol. The molecule has 106 valence electrons. The van der Waals surface area contributed by atoms with Crippen LogP contribution >= 0.6 is 0 Å². The second-order valence-corrected chi connectivity index (χ2v) is 5.52. The molecule has 2 aromatic rings. The number of rotatable bonds is 5. The topological polar surface area (TPSA) is 12.0 Å². The van der Waals surface area contributed by atoms with E-state index in [4.69, 9.17) is 0 Å². The molecule has 1 nitrogen and oxygen atoms in total. The summed E-state index contributed by atoms with van der Waals surface area (Å²) in [6.07, 6.45) is 1.000. The zero-order chi connectivity index (χ0) is 14.5. The van der Waals surface area contributed by atoms with E-state index in [-0.39, 0.29) is 5.82 Å². The van der Waals surface area contributed by atoms with E-state index >= 15 is 0 Å². The quantitative estimate of drug-likeness (QED) is 0.861. The Hall–Kier alpha value is -1.67. The van der Waals surface area contributed by atoms with Gasteiger partial charge in [0.15, 0.2) is 0 Å². The predicted molar refractivity (Wildman–Crippen MR) is 82.3 cm³/mol. The van der Waals surface area contributed by atoms with Gasteiger partial charge in [-0.3, -0.25) is 0 Å². The molecule has 2 heteroatoms. The van der Waals surface area contributed by atoms with Crippen molar-refractivity contribution in [3.8, 4) is 0 Å². The molecule has 1 atom stereocenters. The predicted octanol–water partition coefficient (Wildman–Crippen LogP) is 4.16. The van der Waals surface area contributed by atoms with Crippen molar-refractivity contribution in [3.05, 3.63) is 70.5 Å². The van der Waals surface area contributed by atoms with E-state index in [2.05, 4.69) is 36.5 Å². The van der Waals surface area contributed by atoms with Crippen molar-refractivity contribution in [3.63, 3.8) is 0 Å². The first kappa shape index (κ1) is 14.7. The molecule has 0 aliphatic carbocycles. The van der Waals surface area contributed by atoms with Gasteiger partial charge in [-0.15, -0.1) is 0 Å². The van der Waals surface area contributed by atoms with E-state index in [0.717, 1.165) is 29.7 Å². The van der Waals surface area contributed by atoms with Crippen LogP contribution in [-0.2, 0) is 13.0 Å². The van der Waals surface area contributed by atoms with E-state index < -0.39 is 0 Å². The Labute approximate surface area is 120 Å². The van der Waals surface area contributed by atoms with Crippen LogP contribution in [0.2, 0.25) is 0 Å². The van der Waals surface area contributed by atoms with Crippen molar-refractivity contribution < 1.29 is 4.39 Å². The smallest absolute Gasteiger partial charge is 0.129 e. The normalized spacial score (nSPS) is 12.4. The molecule has 20 heavy (non-hydrogen) atoms. The maximum Gasteiger partial charge on any atom is 0.129 e. The Balaban J connectivity index is 1.92. The number of halogens is 1. The summed E-state index contributed by atoms with van der Waals surface area (Å²) < 4.78 is 13.6. The molecule has 1 N–H and O–H groups in total. The molecule has 2 aromatic carbocycles. The summed E-state index contributed by atoms with van der Waals surface area (Å²) in [6, 6.07) is 14.7. The lowest BCUT2D eigenvalue weighted by Gasteiger charge is -2.15. The SMILES string of the molecule is Cc1cc(CNC(C)Cc2ccccc2)cc(C)c1F. The molecule has 1 unspecified atom stereocenters. The Morgan fingerprint density at radius 3 is 2.20 bits per heavy atom. The van der Waals surface area contributed by atoms with Crippen molar-refractivity contribution in [1.82, 2.24) is 5.32 Å². The summed E-state index contributed by atoms with van der Waals surface area (Å²) in [7, 11) is 0. The summed E-state index contributed by atoms with van der Waals surface area (Å²) in [5.74, 6) is -0.0916. The van der Waals surface area contributed by atoms with E-state index in [1.54, 1.807) is 0 Å². The third-order valence-electron chi connectivity index (χ3n) is 3.54. The maximum absolute atomic E-state index is 13.6. The van der Waals surface area contributed by atoms with Crippen LogP contribution in [0.25, 0.3) is 0 Å². The number of hydrogen-bond donors (Lipinski definition) is 1. The fraction of sp³-hybridized carbons (Fsp3) is 0.333. The lowest BCUT2D eigenvalue weighted by molar-refractivity contribution is 0.543. The Morgan fingerprint density at radius 2 is 1.60 bits per heavy atom. The fourth-order valence-electron chi connectivity index (χ4n) is 2.47. The number of hydrogen-bond acceptors (Lipinski definition) is 1. The van der Waals surface area contributed by atoms with Crippen molar-refractivity contribution in [2.24, 2.45) is 0 Å². The summed E-state index contributed by atoms with van der Waals surface area (Å²) in [5.41, 5.74) is 3.91. The molecule has 2 rings (SSSR count). The van der Waals surface area contributed by atoms with Crippen molar-refractivity contribution in [1.29, 1.82) is 0 Å². The first-order chi connectivity index (χ1) is 9.56. The number of benzene rings is 2. The highest BCUT2D eigenvalue weighted by atomic mass is 19.1. The molecule has 0 aliphatic rings. The van der Waals surface area contributed by atoms with E-state index in [0.29, 0.717) is 6.04 Å². The minimum atomic E-state index is -0.0916. The van der Waals surface area contributed by atoms with Gasteiger partial charge in [-0.1, -0.05) is 42.5 Å². The summed E-state index contributed by atoms with van der Waals surface area (Å²) in [5, 5.41) is 3.50.